The number of amides is 4. The fourth-order valence-corrected chi connectivity index (χ4v) is 3.54. The Balaban J connectivity index is 1.67. The van der Waals surface area contributed by atoms with Crippen LogP contribution in [-0.2, 0) is 16.0 Å². The first kappa shape index (κ1) is 21.4. The van der Waals surface area contributed by atoms with E-state index in [0.29, 0.717) is 17.4 Å². The van der Waals surface area contributed by atoms with Crippen LogP contribution in [0.3, 0.4) is 0 Å². The second-order valence-corrected chi connectivity index (χ2v) is 7.97. The van der Waals surface area contributed by atoms with Crippen LogP contribution in [-0.4, -0.2) is 41.9 Å². The Labute approximate surface area is 176 Å². The lowest BCUT2D eigenvalue weighted by Gasteiger charge is -2.22. The number of para-hydroxylation sites is 1. The summed E-state index contributed by atoms with van der Waals surface area (Å²) in [7, 11) is 1.56. The third kappa shape index (κ3) is 4.45. The molecule has 1 fully saturated rings. The fraction of sp³-hybridized carbons (Fsp3) is 0.348. The van der Waals surface area contributed by atoms with Crippen LogP contribution in [0.15, 0.2) is 48.5 Å². The molecule has 2 aromatic carbocycles. The van der Waals surface area contributed by atoms with Crippen LogP contribution >= 0.6 is 0 Å². The van der Waals surface area contributed by atoms with E-state index in [-0.39, 0.29) is 13.0 Å². The predicted molar refractivity (Wildman–Crippen MR) is 115 cm³/mol. The van der Waals surface area contributed by atoms with E-state index in [4.69, 9.17) is 4.74 Å². The normalized spacial score (nSPS) is 18.5. The smallest absolute Gasteiger partial charge is 0.325 e. The number of ether oxygens (including phenoxy) is 1. The van der Waals surface area contributed by atoms with Gasteiger partial charge in [-0.05, 0) is 42.2 Å². The van der Waals surface area contributed by atoms with Crippen molar-refractivity contribution in [1.82, 2.24) is 10.2 Å². The molecular weight excluding hydrogens is 382 g/mol. The molecule has 1 saturated heterocycles. The van der Waals surface area contributed by atoms with Gasteiger partial charge in [0.1, 0.15) is 17.8 Å². The molecule has 3 rings (SSSR count). The summed E-state index contributed by atoms with van der Waals surface area (Å²) in [5.74, 6) is 0.157. The van der Waals surface area contributed by atoms with Crippen molar-refractivity contribution in [2.75, 3.05) is 19.0 Å². The van der Waals surface area contributed by atoms with Gasteiger partial charge in [-0.2, -0.15) is 0 Å². The van der Waals surface area contributed by atoms with Crippen LogP contribution in [0.25, 0.3) is 0 Å². The SMILES string of the molecule is COc1ccccc1C[C@@]1(C)NC(=O)N(CC(=O)Nc2ccc(C(C)C)cc2)C1=O. The van der Waals surface area contributed by atoms with Crippen molar-refractivity contribution in [2.45, 2.75) is 38.6 Å². The average Bonchev–Trinajstić information content (AvgIpc) is 2.91. The van der Waals surface area contributed by atoms with Gasteiger partial charge in [-0.3, -0.25) is 14.5 Å². The Hall–Kier alpha value is -3.35. The molecule has 0 bridgehead atoms. The number of hydrogen-bond donors (Lipinski definition) is 2. The molecule has 7 heteroatoms. The highest BCUT2D eigenvalue weighted by Gasteiger charge is 2.48. The molecule has 1 heterocycles. The maximum Gasteiger partial charge on any atom is 0.325 e. The predicted octanol–water partition coefficient (Wildman–Crippen LogP) is 3.31. The molecule has 4 amide bonds. The van der Waals surface area contributed by atoms with Gasteiger partial charge in [-0.1, -0.05) is 44.2 Å². The first-order chi connectivity index (χ1) is 14.2. The van der Waals surface area contributed by atoms with Crippen molar-refractivity contribution in [3.63, 3.8) is 0 Å². The summed E-state index contributed by atoms with van der Waals surface area (Å²) in [6.45, 7) is 5.49. The third-order valence-corrected chi connectivity index (χ3v) is 5.24. The number of benzene rings is 2. The fourth-order valence-electron chi connectivity index (χ4n) is 3.54. The topological polar surface area (TPSA) is 87.7 Å². The molecule has 0 radical (unpaired) electrons. The van der Waals surface area contributed by atoms with Gasteiger partial charge in [0, 0.05) is 12.1 Å². The quantitative estimate of drug-likeness (QED) is 0.687. The van der Waals surface area contributed by atoms with Gasteiger partial charge in [0.15, 0.2) is 0 Å². The van der Waals surface area contributed by atoms with Gasteiger partial charge in [0.05, 0.1) is 7.11 Å². The number of imide groups is 1. The minimum atomic E-state index is -1.15. The van der Waals surface area contributed by atoms with Gasteiger partial charge in [-0.25, -0.2) is 4.79 Å². The number of urea groups is 1. The Morgan fingerprint density at radius 3 is 2.43 bits per heavy atom. The summed E-state index contributed by atoms with van der Waals surface area (Å²) in [5.41, 5.74) is 1.43. The number of carbonyl (C=O) groups is 3. The highest BCUT2D eigenvalue weighted by molar-refractivity contribution is 6.10. The highest BCUT2D eigenvalue weighted by atomic mass is 16.5. The second-order valence-electron chi connectivity index (χ2n) is 7.97. The zero-order valence-electron chi connectivity index (χ0n) is 17.7. The molecule has 0 saturated carbocycles. The maximum atomic E-state index is 13.0. The van der Waals surface area contributed by atoms with Gasteiger partial charge in [-0.15, -0.1) is 0 Å². The lowest BCUT2D eigenvalue weighted by atomic mass is 9.92. The number of rotatable bonds is 7. The molecule has 2 aromatic rings. The summed E-state index contributed by atoms with van der Waals surface area (Å²) < 4.78 is 5.34. The first-order valence-corrected chi connectivity index (χ1v) is 9.89. The molecule has 1 aliphatic heterocycles. The first-order valence-electron chi connectivity index (χ1n) is 9.89. The Kier molecular flexibility index (Phi) is 6.10. The minimum Gasteiger partial charge on any atom is -0.496 e. The molecule has 0 aliphatic carbocycles. The van der Waals surface area contributed by atoms with Crippen LogP contribution in [0.2, 0.25) is 0 Å². The maximum absolute atomic E-state index is 13.0. The van der Waals surface area contributed by atoms with E-state index in [1.807, 2.05) is 42.5 Å². The van der Waals surface area contributed by atoms with E-state index in [1.54, 1.807) is 20.1 Å². The molecule has 158 valence electrons. The molecule has 30 heavy (non-hydrogen) atoms. The van der Waals surface area contributed by atoms with Crippen LogP contribution in [0.1, 0.15) is 37.8 Å². The summed E-state index contributed by atoms with van der Waals surface area (Å²) in [6.07, 6.45) is 0.260. The average molecular weight is 409 g/mol. The molecule has 2 N–H and O–H groups in total. The van der Waals surface area contributed by atoms with E-state index in [0.717, 1.165) is 16.0 Å². The standard InChI is InChI=1S/C23H27N3O4/c1-15(2)16-9-11-18(12-10-16)24-20(27)14-26-21(28)23(3,25-22(26)29)13-17-7-5-6-8-19(17)30-4/h5-12,15H,13-14H2,1-4H3,(H,24,27)(H,25,29)/t23-/m1/s1. The monoisotopic (exact) mass is 409 g/mol. The molecule has 0 spiro atoms. The molecule has 0 unspecified atom stereocenters. The van der Waals surface area contributed by atoms with E-state index >= 15 is 0 Å². The van der Waals surface area contributed by atoms with Crippen molar-refractivity contribution in [3.05, 3.63) is 59.7 Å². The van der Waals surface area contributed by atoms with Crippen LogP contribution in [0, 0.1) is 0 Å². The van der Waals surface area contributed by atoms with Crippen molar-refractivity contribution in [3.8, 4) is 5.75 Å². The number of anilines is 1. The molecular formula is C23H27N3O4. The summed E-state index contributed by atoms with van der Waals surface area (Å²) in [6, 6.07) is 14.3. The van der Waals surface area contributed by atoms with Gasteiger partial charge in [0.25, 0.3) is 5.91 Å². The van der Waals surface area contributed by atoms with E-state index in [9.17, 15) is 14.4 Å². The Morgan fingerprint density at radius 2 is 1.80 bits per heavy atom. The van der Waals surface area contributed by atoms with Crippen LogP contribution in [0.4, 0.5) is 10.5 Å². The number of hydrogen-bond acceptors (Lipinski definition) is 4. The Bertz CT molecular complexity index is 955. The minimum absolute atomic E-state index is 0.260. The van der Waals surface area contributed by atoms with E-state index < -0.39 is 23.4 Å². The zero-order valence-corrected chi connectivity index (χ0v) is 17.7. The van der Waals surface area contributed by atoms with Crippen molar-refractivity contribution < 1.29 is 19.1 Å². The van der Waals surface area contributed by atoms with E-state index in [1.165, 1.54) is 0 Å². The van der Waals surface area contributed by atoms with Crippen molar-refractivity contribution in [2.24, 2.45) is 0 Å². The largest absolute Gasteiger partial charge is 0.496 e. The second kappa shape index (κ2) is 8.57. The van der Waals surface area contributed by atoms with Crippen LogP contribution in [0.5, 0.6) is 5.75 Å². The summed E-state index contributed by atoms with van der Waals surface area (Å²) in [4.78, 5) is 38.8. The Morgan fingerprint density at radius 1 is 1.13 bits per heavy atom. The van der Waals surface area contributed by atoms with Crippen molar-refractivity contribution in [1.29, 1.82) is 0 Å². The molecule has 1 atom stereocenters. The van der Waals surface area contributed by atoms with Gasteiger partial charge >= 0.3 is 6.03 Å². The number of nitrogens with zero attached hydrogens (tertiary/aromatic N) is 1. The third-order valence-electron chi connectivity index (χ3n) is 5.24. The van der Waals surface area contributed by atoms with E-state index in [2.05, 4.69) is 24.5 Å². The lowest BCUT2D eigenvalue weighted by molar-refractivity contribution is -0.133. The van der Waals surface area contributed by atoms with Crippen molar-refractivity contribution >= 4 is 23.5 Å². The summed E-state index contributed by atoms with van der Waals surface area (Å²) >= 11 is 0. The zero-order chi connectivity index (χ0) is 21.9. The van der Waals surface area contributed by atoms with Gasteiger partial charge in [0.2, 0.25) is 5.91 Å². The number of carbonyl (C=O) groups excluding carboxylic acids is 3. The lowest BCUT2D eigenvalue weighted by Crippen LogP contribution is -2.46. The summed E-state index contributed by atoms with van der Waals surface area (Å²) in [5, 5.41) is 5.46. The number of nitrogens with one attached hydrogen (secondary N) is 2. The van der Waals surface area contributed by atoms with Gasteiger partial charge < -0.3 is 15.4 Å². The molecule has 7 nitrogen and oxygen atoms in total. The number of methoxy groups -OCH3 is 1. The van der Waals surface area contributed by atoms with Crippen LogP contribution < -0.4 is 15.4 Å². The molecule has 0 aromatic heterocycles. The molecule has 1 aliphatic rings. The highest BCUT2D eigenvalue weighted by Crippen LogP contribution is 2.27.